The first-order chi connectivity index (χ1) is 13.1. The van der Waals surface area contributed by atoms with Crippen LogP contribution in [-0.4, -0.2) is 16.9 Å². The highest BCUT2D eigenvalue weighted by Gasteiger charge is 2.56. The SMILES string of the molecule is Nc1ccccc1N1C(=O)c2ccccc2C(=O)C1(OO)c1ccccc1. The Kier molecular flexibility index (Phi) is 3.99. The molecule has 4 rings (SSSR count). The van der Waals surface area contributed by atoms with Crippen molar-refractivity contribution >= 4 is 23.1 Å². The molecule has 0 aromatic heterocycles. The van der Waals surface area contributed by atoms with Gasteiger partial charge in [0.1, 0.15) is 0 Å². The molecule has 0 fully saturated rings. The third-order valence-electron chi connectivity index (χ3n) is 4.70. The lowest BCUT2D eigenvalue weighted by Gasteiger charge is -2.43. The van der Waals surface area contributed by atoms with Crippen LogP contribution in [-0.2, 0) is 10.6 Å². The number of anilines is 2. The number of Topliss-reactive ketones (excluding diaryl/α,β-unsaturated/α-hetero) is 1. The van der Waals surface area contributed by atoms with Gasteiger partial charge in [-0.25, -0.2) is 5.26 Å². The molecule has 0 saturated carbocycles. The van der Waals surface area contributed by atoms with Gasteiger partial charge in [0, 0.05) is 11.1 Å². The third kappa shape index (κ3) is 2.35. The van der Waals surface area contributed by atoms with Crippen LogP contribution >= 0.6 is 0 Å². The zero-order chi connectivity index (χ0) is 19.0. The number of carbonyl (C=O) groups is 2. The second-order valence-corrected chi connectivity index (χ2v) is 6.18. The normalized spacial score (nSPS) is 19.1. The summed E-state index contributed by atoms with van der Waals surface area (Å²) in [7, 11) is 0. The van der Waals surface area contributed by atoms with Crippen molar-refractivity contribution in [1.29, 1.82) is 0 Å². The van der Waals surface area contributed by atoms with E-state index in [-0.39, 0.29) is 22.5 Å². The molecular weight excluding hydrogens is 344 g/mol. The molecule has 0 bridgehead atoms. The van der Waals surface area contributed by atoms with Gasteiger partial charge in [0.2, 0.25) is 5.78 Å². The molecule has 1 heterocycles. The van der Waals surface area contributed by atoms with Crippen LogP contribution in [0.3, 0.4) is 0 Å². The van der Waals surface area contributed by atoms with Crippen molar-refractivity contribution in [1.82, 2.24) is 0 Å². The maximum atomic E-state index is 13.5. The highest BCUT2D eigenvalue weighted by atomic mass is 17.1. The lowest BCUT2D eigenvalue weighted by atomic mass is 9.84. The van der Waals surface area contributed by atoms with Gasteiger partial charge >= 0.3 is 0 Å². The number of para-hydroxylation sites is 2. The number of ketones is 1. The number of nitrogens with zero attached hydrogens (tertiary/aromatic N) is 1. The Morgan fingerprint density at radius 1 is 0.815 bits per heavy atom. The molecule has 1 aliphatic heterocycles. The Morgan fingerprint density at radius 3 is 2.07 bits per heavy atom. The summed E-state index contributed by atoms with van der Waals surface area (Å²) in [5.41, 5.74) is 5.25. The van der Waals surface area contributed by atoms with E-state index in [2.05, 4.69) is 0 Å². The van der Waals surface area contributed by atoms with Crippen molar-refractivity contribution in [3.05, 3.63) is 95.6 Å². The molecule has 134 valence electrons. The van der Waals surface area contributed by atoms with Gasteiger partial charge in [0.25, 0.3) is 11.6 Å². The summed E-state index contributed by atoms with van der Waals surface area (Å²) in [4.78, 5) is 32.8. The minimum atomic E-state index is -2.08. The van der Waals surface area contributed by atoms with Gasteiger partial charge in [-0.2, -0.15) is 4.89 Å². The van der Waals surface area contributed by atoms with Crippen LogP contribution in [0.1, 0.15) is 26.3 Å². The molecule has 1 aliphatic rings. The van der Waals surface area contributed by atoms with Crippen LogP contribution in [0.5, 0.6) is 0 Å². The molecule has 27 heavy (non-hydrogen) atoms. The fourth-order valence-corrected chi connectivity index (χ4v) is 3.44. The van der Waals surface area contributed by atoms with E-state index < -0.39 is 17.4 Å². The van der Waals surface area contributed by atoms with Crippen LogP contribution in [0.4, 0.5) is 11.4 Å². The van der Waals surface area contributed by atoms with Gasteiger partial charge in [-0.1, -0.05) is 60.7 Å². The quantitative estimate of drug-likeness (QED) is 0.424. The number of hydrogen-bond donors (Lipinski definition) is 2. The Balaban J connectivity index is 2.08. The van der Waals surface area contributed by atoms with E-state index in [1.54, 1.807) is 72.8 Å². The van der Waals surface area contributed by atoms with Crippen molar-refractivity contribution in [3.63, 3.8) is 0 Å². The molecule has 1 amide bonds. The number of amides is 1. The molecule has 0 aliphatic carbocycles. The summed E-state index contributed by atoms with van der Waals surface area (Å²) < 4.78 is 0. The van der Waals surface area contributed by atoms with Gasteiger partial charge in [-0.05, 0) is 18.2 Å². The zero-order valence-electron chi connectivity index (χ0n) is 14.2. The Morgan fingerprint density at radius 2 is 1.41 bits per heavy atom. The molecule has 0 radical (unpaired) electrons. The monoisotopic (exact) mass is 360 g/mol. The predicted molar refractivity (Wildman–Crippen MR) is 100 cm³/mol. The first-order valence-corrected chi connectivity index (χ1v) is 8.32. The van der Waals surface area contributed by atoms with Gasteiger partial charge in [0.15, 0.2) is 0 Å². The van der Waals surface area contributed by atoms with Crippen molar-refractivity contribution in [2.45, 2.75) is 5.72 Å². The fourth-order valence-electron chi connectivity index (χ4n) is 3.44. The third-order valence-corrected chi connectivity index (χ3v) is 4.70. The number of carbonyl (C=O) groups excluding carboxylic acids is 2. The molecule has 0 spiro atoms. The van der Waals surface area contributed by atoms with Gasteiger partial charge in [-0.15, -0.1) is 0 Å². The van der Waals surface area contributed by atoms with E-state index in [0.717, 1.165) is 4.90 Å². The number of rotatable bonds is 3. The number of hydrogen-bond acceptors (Lipinski definition) is 5. The summed E-state index contributed by atoms with van der Waals surface area (Å²) in [6.07, 6.45) is 0. The van der Waals surface area contributed by atoms with Crippen molar-refractivity contribution in [3.8, 4) is 0 Å². The summed E-state index contributed by atoms with van der Waals surface area (Å²) in [5.74, 6) is -1.06. The minimum absolute atomic E-state index is 0.172. The Bertz CT molecular complexity index is 1040. The summed E-state index contributed by atoms with van der Waals surface area (Å²) in [6.45, 7) is 0. The maximum Gasteiger partial charge on any atom is 0.271 e. The van der Waals surface area contributed by atoms with E-state index in [4.69, 9.17) is 10.6 Å². The summed E-state index contributed by atoms with van der Waals surface area (Å²) in [5, 5.41) is 9.98. The van der Waals surface area contributed by atoms with Gasteiger partial charge in [-0.3, -0.25) is 14.5 Å². The Hall–Kier alpha value is -3.48. The molecule has 1 atom stereocenters. The lowest BCUT2D eigenvalue weighted by Crippen LogP contribution is -2.60. The summed E-state index contributed by atoms with van der Waals surface area (Å²) in [6, 6.07) is 21.4. The average molecular weight is 360 g/mol. The highest BCUT2D eigenvalue weighted by molar-refractivity contribution is 6.24. The minimum Gasteiger partial charge on any atom is -0.397 e. The first kappa shape index (κ1) is 17.0. The molecule has 3 aromatic rings. The van der Waals surface area contributed by atoms with Crippen LogP contribution in [0.15, 0.2) is 78.9 Å². The number of nitrogens with two attached hydrogens (primary N) is 1. The van der Waals surface area contributed by atoms with Crippen molar-refractivity contribution in [2.75, 3.05) is 10.6 Å². The molecular formula is C21H16N2O4. The standard InChI is InChI=1S/C21H16N2O4/c22-17-12-6-7-13-18(17)23-20(25)16-11-5-4-10-15(16)19(24)21(23,27-26)14-8-2-1-3-9-14/h1-13,26H,22H2. The largest absolute Gasteiger partial charge is 0.397 e. The lowest BCUT2D eigenvalue weighted by molar-refractivity contribution is -0.307. The topological polar surface area (TPSA) is 92.9 Å². The first-order valence-electron chi connectivity index (χ1n) is 8.32. The van der Waals surface area contributed by atoms with Crippen molar-refractivity contribution in [2.24, 2.45) is 0 Å². The fraction of sp³-hybridized carbons (Fsp3) is 0.0476. The molecule has 0 saturated heterocycles. The van der Waals surface area contributed by atoms with Crippen LogP contribution in [0, 0.1) is 0 Å². The Labute approximate surface area is 155 Å². The second-order valence-electron chi connectivity index (χ2n) is 6.18. The van der Waals surface area contributed by atoms with E-state index in [1.165, 1.54) is 6.07 Å². The maximum absolute atomic E-state index is 13.5. The number of nitrogen functional groups attached to an aromatic ring is 1. The molecule has 3 aromatic carbocycles. The van der Waals surface area contributed by atoms with Gasteiger partial charge < -0.3 is 5.73 Å². The second kappa shape index (κ2) is 6.35. The van der Waals surface area contributed by atoms with Crippen LogP contribution in [0.25, 0.3) is 0 Å². The van der Waals surface area contributed by atoms with E-state index in [9.17, 15) is 14.8 Å². The summed E-state index contributed by atoms with van der Waals surface area (Å²) >= 11 is 0. The molecule has 6 heteroatoms. The number of fused-ring (bicyclic) bond motifs is 1. The zero-order valence-corrected chi connectivity index (χ0v) is 14.2. The van der Waals surface area contributed by atoms with E-state index in [1.807, 2.05) is 0 Å². The van der Waals surface area contributed by atoms with Crippen molar-refractivity contribution < 1.29 is 19.7 Å². The predicted octanol–water partition coefficient (Wildman–Crippen LogP) is 3.45. The number of benzene rings is 3. The van der Waals surface area contributed by atoms with Crippen LogP contribution < -0.4 is 10.6 Å². The van der Waals surface area contributed by atoms with E-state index >= 15 is 0 Å². The molecule has 6 nitrogen and oxygen atoms in total. The highest BCUT2D eigenvalue weighted by Crippen LogP contribution is 2.43. The van der Waals surface area contributed by atoms with E-state index in [0.29, 0.717) is 5.56 Å². The smallest absolute Gasteiger partial charge is 0.271 e. The van der Waals surface area contributed by atoms with Crippen LogP contribution in [0.2, 0.25) is 0 Å². The van der Waals surface area contributed by atoms with Gasteiger partial charge in [0.05, 0.1) is 16.9 Å². The average Bonchev–Trinajstić information content (AvgIpc) is 2.72. The molecule has 1 unspecified atom stereocenters. The molecule has 3 N–H and O–H groups in total.